The van der Waals surface area contributed by atoms with Gasteiger partial charge in [-0.15, -0.1) is 0 Å². The maximum Gasteiger partial charge on any atom is 0.164 e. The summed E-state index contributed by atoms with van der Waals surface area (Å²) >= 11 is 0. The van der Waals surface area contributed by atoms with Crippen molar-refractivity contribution < 1.29 is 0 Å². The van der Waals surface area contributed by atoms with Crippen molar-refractivity contribution in [3.63, 3.8) is 0 Å². The van der Waals surface area contributed by atoms with Crippen LogP contribution in [0.2, 0.25) is 0 Å². The van der Waals surface area contributed by atoms with Gasteiger partial charge in [-0.2, -0.15) is 0 Å². The second kappa shape index (κ2) is 4.48. The summed E-state index contributed by atoms with van der Waals surface area (Å²) in [4.78, 5) is 9.10. The van der Waals surface area contributed by atoms with Gasteiger partial charge in [-0.05, 0) is 31.0 Å². The standard InChI is InChI=1S/C15H16N4/c1-10-5-3-6-12(11(10)2)14-15-17-7-4-8-19(15)13(9-16)18-14/h3-8H,9,16H2,1-2H3. The van der Waals surface area contributed by atoms with Gasteiger partial charge in [-0.25, -0.2) is 9.97 Å². The molecule has 0 aliphatic carbocycles. The monoisotopic (exact) mass is 252 g/mol. The minimum Gasteiger partial charge on any atom is -0.324 e. The Kier molecular flexibility index (Phi) is 2.80. The molecule has 2 heterocycles. The Morgan fingerprint density at radius 1 is 1.21 bits per heavy atom. The summed E-state index contributed by atoms with van der Waals surface area (Å²) in [6.07, 6.45) is 3.73. The maximum absolute atomic E-state index is 5.76. The molecule has 3 rings (SSSR count). The number of hydrogen-bond acceptors (Lipinski definition) is 3. The van der Waals surface area contributed by atoms with Gasteiger partial charge in [0.15, 0.2) is 5.65 Å². The van der Waals surface area contributed by atoms with E-state index in [0.29, 0.717) is 6.54 Å². The number of fused-ring (bicyclic) bond motifs is 1. The van der Waals surface area contributed by atoms with Crippen LogP contribution in [0.25, 0.3) is 16.9 Å². The molecule has 0 saturated heterocycles. The average Bonchev–Trinajstić information content (AvgIpc) is 2.81. The number of nitrogens with zero attached hydrogens (tertiary/aromatic N) is 3. The van der Waals surface area contributed by atoms with Crippen molar-refractivity contribution in [1.29, 1.82) is 0 Å². The predicted octanol–water partition coefficient (Wildman–Crippen LogP) is 2.47. The molecule has 19 heavy (non-hydrogen) atoms. The fourth-order valence-corrected chi connectivity index (χ4v) is 2.32. The number of aryl methyl sites for hydroxylation is 1. The molecule has 0 atom stereocenters. The summed E-state index contributed by atoms with van der Waals surface area (Å²) in [5, 5.41) is 0. The van der Waals surface area contributed by atoms with E-state index in [1.807, 2.05) is 22.7 Å². The minimum absolute atomic E-state index is 0.401. The molecule has 96 valence electrons. The van der Waals surface area contributed by atoms with Crippen LogP contribution in [0.15, 0.2) is 36.7 Å². The topological polar surface area (TPSA) is 56.2 Å². The lowest BCUT2D eigenvalue weighted by Crippen LogP contribution is -2.02. The van der Waals surface area contributed by atoms with Crippen molar-refractivity contribution in [2.24, 2.45) is 5.73 Å². The van der Waals surface area contributed by atoms with E-state index in [-0.39, 0.29) is 0 Å². The summed E-state index contributed by atoms with van der Waals surface area (Å²) in [7, 11) is 0. The zero-order chi connectivity index (χ0) is 13.4. The van der Waals surface area contributed by atoms with Gasteiger partial charge in [0.1, 0.15) is 11.5 Å². The Morgan fingerprint density at radius 2 is 2.05 bits per heavy atom. The van der Waals surface area contributed by atoms with Crippen molar-refractivity contribution in [2.75, 3.05) is 0 Å². The Morgan fingerprint density at radius 3 is 2.84 bits per heavy atom. The van der Waals surface area contributed by atoms with E-state index in [9.17, 15) is 0 Å². The number of aromatic nitrogens is 3. The summed E-state index contributed by atoms with van der Waals surface area (Å²) < 4.78 is 1.96. The highest BCUT2D eigenvalue weighted by molar-refractivity contribution is 5.77. The van der Waals surface area contributed by atoms with E-state index < -0.39 is 0 Å². The highest BCUT2D eigenvalue weighted by Crippen LogP contribution is 2.27. The third-order valence-electron chi connectivity index (χ3n) is 3.52. The first-order valence-corrected chi connectivity index (χ1v) is 6.31. The highest BCUT2D eigenvalue weighted by atomic mass is 15.1. The first-order valence-electron chi connectivity index (χ1n) is 6.31. The van der Waals surface area contributed by atoms with E-state index in [1.54, 1.807) is 6.20 Å². The Labute approximate surface area is 111 Å². The second-order valence-electron chi connectivity index (χ2n) is 4.64. The van der Waals surface area contributed by atoms with Gasteiger partial charge in [-0.1, -0.05) is 18.2 Å². The number of benzene rings is 1. The Balaban J connectivity index is 2.34. The molecule has 1 aromatic carbocycles. The highest BCUT2D eigenvalue weighted by Gasteiger charge is 2.14. The molecule has 0 bridgehead atoms. The van der Waals surface area contributed by atoms with E-state index in [4.69, 9.17) is 5.73 Å². The molecule has 0 unspecified atom stereocenters. The first-order chi connectivity index (χ1) is 9.22. The Hall–Kier alpha value is -2.20. The number of hydrogen-bond donors (Lipinski definition) is 1. The molecule has 4 heteroatoms. The molecule has 0 aliphatic rings. The van der Waals surface area contributed by atoms with Crippen LogP contribution in [-0.2, 0) is 6.54 Å². The zero-order valence-corrected chi connectivity index (χ0v) is 11.1. The summed E-state index contributed by atoms with van der Waals surface area (Å²) in [5.41, 5.74) is 11.1. The van der Waals surface area contributed by atoms with Crippen molar-refractivity contribution >= 4 is 5.65 Å². The van der Waals surface area contributed by atoms with Gasteiger partial charge in [-0.3, -0.25) is 4.40 Å². The third kappa shape index (κ3) is 1.81. The molecular formula is C15H16N4. The van der Waals surface area contributed by atoms with Crippen LogP contribution in [-0.4, -0.2) is 14.4 Å². The molecule has 2 N–H and O–H groups in total. The average molecular weight is 252 g/mol. The molecule has 0 fully saturated rings. The van der Waals surface area contributed by atoms with Gasteiger partial charge in [0.05, 0.1) is 6.54 Å². The Bertz CT molecular complexity index is 743. The van der Waals surface area contributed by atoms with Gasteiger partial charge >= 0.3 is 0 Å². The smallest absolute Gasteiger partial charge is 0.164 e. The van der Waals surface area contributed by atoms with Crippen LogP contribution >= 0.6 is 0 Å². The van der Waals surface area contributed by atoms with Crippen molar-refractivity contribution in [1.82, 2.24) is 14.4 Å². The number of rotatable bonds is 2. The largest absolute Gasteiger partial charge is 0.324 e. The van der Waals surface area contributed by atoms with Crippen LogP contribution in [0.4, 0.5) is 0 Å². The molecule has 4 nitrogen and oxygen atoms in total. The van der Waals surface area contributed by atoms with E-state index in [1.165, 1.54) is 11.1 Å². The van der Waals surface area contributed by atoms with Crippen molar-refractivity contribution in [3.05, 3.63) is 53.6 Å². The van der Waals surface area contributed by atoms with Gasteiger partial charge in [0.2, 0.25) is 0 Å². The molecule has 0 aliphatic heterocycles. The van der Waals surface area contributed by atoms with Crippen molar-refractivity contribution in [2.45, 2.75) is 20.4 Å². The van der Waals surface area contributed by atoms with Crippen LogP contribution in [0.3, 0.4) is 0 Å². The summed E-state index contributed by atoms with van der Waals surface area (Å²) in [6.45, 7) is 4.62. The zero-order valence-electron chi connectivity index (χ0n) is 11.1. The van der Waals surface area contributed by atoms with Crippen molar-refractivity contribution in [3.8, 4) is 11.3 Å². The molecule has 2 aromatic heterocycles. The lowest BCUT2D eigenvalue weighted by atomic mass is 10.0. The number of nitrogens with two attached hydrogens (primary N) is 1. The number of imidazole rings is 1. The van der Waals surface area contributed by atoms with Crippen LogP contribution in [0.1, 0.15) is 17.0 Å². The molecule has 3 aromatic rings. The third-order valence-corrected chi connectivity index (χ3v) is 3.52. The van der Waals surface area contributed by atoms with E-state index in [0.717, 1.165) is 22.7 Å². The van der Waals surface area contributed by atoms with Gasteiger partial charge < -0.3 is 5.73 Å². The predicted molar refractivity (Wildman–Crippen MR) is 75.8 cm³/mol. The summed E-state index contributed by atoms with van der Waals surface area (Å²) in [5.74, 6) is 0.832. The first kappa shape index (κ1) is 11.9. The van der Waals surface area contributed by atoms with Crippen LogP contribution in [0, 0.1) is 13.8 Å². The van der Waals surface area contributed by atoms with Gasteiger partial charge in [0, 0.05) is 18.0 Å². The van der Waals surface area contributed by atoms with Gasteiger partial charge in [0.25, 0.3) is 0 Å². The van der Waals surface area contributed by atoms with Crippen LogP contribution < -0.4 is 5.73 Å². The fraction of sp³-hybridized carbons (Fsp3) is 0.200. The normalized spacial score (nSPS) is 11.1. The van der Waals surface area contributed by atoms with E-state index in [2.05, 4.69) is 35.9 Å². The lowest BCUT2D eigenvalue weighted by molar-refractivity contribution is 0.897. The quantitative estimate of drug-likeness (QED) is 0.762. The summed E-state index contributed by atoms with van der Waals surface area (Å²) in [6, 6.07) is 8.13. The molecule has 0 radical (unpaired) electrons. The van der Waals surface area contributed by atoms with Crippen LogP contribution in [0.5, 0.6) is 0 Å². The molecule has 0 saturated carbocycles. The molecule has 0 spiro atoms. The fourth-order valence-electron chi connectivity index (χ4n) is 2.32. The SMILES string of the molecule is Cc1cccc(-c2nc(CN)n3cccnc23)c1C. The maximum atomic E-state index is 5.76. The molecular weight excluding hydrogens is 236 g/mol. The molecule has 0 amide bonds. The minimum atomic E-state index is 0.401. The lowest BCUT2D eigenvalue weighted by Gasteiger charge is -2.05. The van der Waals surface area contributed by atoms with E-state index >= 15 is 0 Å². The second-order valence-corrected chi connectivity index (χ2v) is 4.64.